The highest BCUT2D eigenvalue weighted by Crippen LogP contribution is 2.28. The molecule has 5 nitrogen and oxygen atoms in total. The smallest absolute Gasteiger partial charge is 0.137 e. The highest BCUT2D eigenvalue weighted by molar-refractivity contribution is 5.59. The van der Waals surface area contributed by atoms with E-state index >= 15 is 0 Å². The van der Waals surface area contributed by atoms with Gasteiger partial charge in [-0.2, -0.15) is 0 Å². The Morgan fingerprint density at radius 2 is 2.21 bits per heavy atom. The van der Waals surface area contributed by atoms with Gasteiger partial charge in [-0.05, 0) is 25.7 Å². The van der Waals surface area contributed by atoms with Crippen molar-refractivity contribution in [1.29, 1.82) is 0 Å². The van der Waals surface area contributed by atoms with E-state index in [2.05, 4.69) is 41.0 Å². The Morgan fingerprint density at radius 3 is 2.84 bits per heavy atom. The SMILES string of the molecule is CCNc1ncnc(N2CCC(C)C(O)C2)c1CC. The molecule has 0 aromatic carbocycles. The molecule has 0 amide bonds. The minimum absolute atomic E-state index is 0.268. The van der Waals surface area contributed by atoms with Crippen molar-refractivity contribution >= 4 is 11.6 Å². The maximum atomic E-state index is 10.0. The summed E-state index contributed by atoms with van der Waals surface area (Å²) in [6.45, 7) is 8.75. The van der Waals surface area contributed by atoms with E-state index in [0.717, 1.165) is 43.1 Å². The zero-order chi connectivity index (χ0) is 13.8. The van der Waals surface area contributed by atoms with Crippen LogP contribution in [0.25, 0.3) is 0 Å². The van der Waals surface area contributed by atoms with Crippen LogP contribution < -0.4 is 10.2 Å². The van der Waals surface area contributed by atoms with E-state index in [-0.39, 0.29) is 6.10 Å². The zero-order valence-electron chi connectivity index (χ0n) is 12.1. The monoisotopic (exact) mass is 264 g/mol. The molecule has 2 N–H and O–H groups in total. The molecule has 1 aliphatic heterocycles. The first kappa shape index (κ1) is 14.1. The lowest BCUT2D eigenvalue weighted by Crippen LogP contribution is -2.43. The fraction of sp³-hybridized carbons (Fsp3) is 0.714. The van der Waals surface area contributed by atoms with Gasteiger partial charge in [0.2, 0.25) is 0 Å². The van der Waals surface area contributed by atoms with Crippen molar-refractivity contribution in [3.05, 3.63) is 11.9 Å². The number of rotatable bonds is 4. The van der Waals surface area contributed by atoms with Crippen molar-refractivity contribution in [2.75, 3.05) is 29.9 Å². The number of hydrogen-bond acceptors (Lipinski definition) is 5. The third kappa shape index (κ3) is 2.97. The Kier molecular flexibility index (Phi) is 4.58. The van der Waals surface area contributed by atoms with Crippen LogP contribution >= 0.6 is 0 Å². The number of β-amino-alcohol motifs (C(OH)–C–C–N with tert-alkyl or cyclic N) is 1. The second-order valence-corrected chi connectivity index (χ2v) is 5.19. The molecule has 0 bridgehead atoms. The summed E-state index contributed by atoms with van der Waals surface area (Å²) in [5.41, 5.74) is 1.14. The van der Waals surface area contributed by atoms with Crippen LogP contribution in [0, 0.1) is 5.92 Å². The Labute approximate surface area is 115 Å². The summed E-state index contributed by atoms with van der Waals surface area (Å²) in [7, 11) is 0. The van der Waals surface area contributed by atoms with Crippen molar-refractivity contribution in [2.45, 2.75) is 39.7 Å². The van der Waals surface area contributed by atoms with Gasteiger partial charge in [0.25, 0.3) is 0 Å². The van der Waals surface area contributed by atoms with E-state index in [1.807, 2.05) is 0 Å². The second kappa shape index (κ2) is 6.19. The molecule has 1 aromatic heterocycles. The molecule has 0 spiro atoms. The first-order chi connectivity index (χ1) is 9.17. The predicted molar refractivity (Wildman–Crippen MR) is 77.6 cm³/mol. The first-order valence-electron chi connectivity index (χ1n) is 7.18. The van der Waals surface area contributed by atoms with Gasteiger partial charge in [0.15, 0.2) is 0 Å². The summed E-state index contributed by atoms with van der Waals surface area (Å²) < 4.78 is 0. The number of aromatic nitrogens is 2. The van der Waals surface area contributed by atoms with Gasteiger partial charge in [-0.3, -0.25) is 0 Å². The summed E-state index contributed by atoms with van der Waals surface area (Å²) in [5, 5.41) is 13.3. The summed E-state index contributed by atoms with van der Waals surface area (Å²) in [5.74, 6) is 2.26. The molecular formula is C14H24N4O. The Balaban J connectivity index is 2.26. The molecule has 1 saturated heterocycles. The lowest BCUT2D eigenvalue weighted by Gasteiger charge is -2.36. The molecule has 0 saturated carbocycles. The molecule has 2 rings (SSSR count). The lowest BCUT2D eigenvalue weighted by molar-refractivity contribution is 0.102. The molecule has 19 heavy (non-hydrogen) atoms. The summed E-state index contributed by atoms with van der Waals surface area (Å²) in [6, 6.07) is 0. The molecule has 5 heteroatoms. The van der Waals surface area contributed by atoms with Crippen molar-refractivity contribution in [1.82, 2.24) is 9.97 Å². The zero-order valence-corrected chi connectivity index (χ0v) is 12.1. The molecule has 2 unspecified atom stereocenters. The van der Waals surface area contributed by atoms with Gasteiger partial charge in [0.1, 0.15) is 18.0 Å². The van der Waals surface area contributed by atoms with Gasteiger partial charge in [-0.15, -0.1) is 0 Å². The molecule has 106 valence electrons. The first-order valence-corrected chi connectivity index (χ1v) is 7.18. The van der Waals surface area contributed by atoms with E-state index in [0.29, 0.717) is 12.5 Å². The molecule has 2 atom stereocenters. The fourth-order valence-electron chi connectivity index (χ4n) is 2.56. The van der Waals surface area contributed by atoms with Gasteiger partial charge in [0.05, 0.1) is 6.10 Å². The summed E-state index contributed by atoms with van der Waals surface area (Å²) >= 11 is 0. The Hall–Kier alpha value is -1.36. The summed E-state index contributed by atoms with van der Waals surface area (Å²) in [4.78, 5) is 10.9. The van der Waals surface area contributed by atoms with Crippen LogP contribution in [-0.4, -0.2) is 40.8 Å². The van der Waals surface area contributed by atoms with Crippen LogP contribution in [0.3, 0.4) is 0 Å². The van der Waals surface area contributed by atoms with Crippen LogP contribution in [0.4, 0.5) is 11.6 Å². The number of nitrogens with one attached hydrogen (secondary N) is 1. The molecular weight excluding hydrogens is 240 g/mol. The van der Waals surface area contributed by atoms with Gasteiger partial charge in [-0.25, -0.2) is 9.97 Å². The van der Waals surface area contributed by atoms with Crippen LogP contribution in [-0.2, 0) is 6.42 Å². The quantitative estimate of drug-likeness (QED) is 0.866. The lowest BCUT2D eigenvalue weighted by atomic mass is 9.96. The van der Waals surface area contributed by atoms with Crippen LogP contribution in [0.1, 0.15) is 32.8 Å². The van der Waals surface area contributed by atoms with Gasteiger partial charge in [-0.1, -0.05) is 13.8 Å². The molecule has 2 heterocycles. The van der Waals surface area contributed by atoms with E-state index < -0.39 is 0 Å². The van der Waals surface area contributed by atoms with Crippen LogP contribution in [0.15, 0.2) is 6.33 Å². The number of nitrogens with zero attached hydrogens (tertiary/aromatic N) is 3. The van der Waals surface area contributed by atoms with E-state index in [1.54, 1.807) is 6.33 Å². The average Bonchev–Trinajstić information content (AvgIpc) is 2.42. The molecule has 1 aromatic rings. The number of aliphatic hydroxyl groups excluding tert-OH is 1. The molecule has 1 aliphatic rings. The van der Waals surface area contributed by atoms with Crippen molar-refractivity contribution in [2.24, 2.45) is 5.92 Å². The fourth-order valence-corrected chi connectivity index (χ4v) is 2.56. The Bertz CT molecular complexity index is 424. The van der Waals surface area contributed by atoms with Crippen molar-refractivity contribution in [3.63, 3.8) is 0 Å². The predicted octanol–water partition coefficient (Wildman–Crippen LogP) is 1.68. The molecule has 0 aliphatic carbocycles. The molecule has 1 fully saturated rings. The third-order valence-corrected chi connectivity index (χ3v) is 3.84. The van der Waals surface area contributed by atoms with Gasteiger partial charge < -0.3 is 15.3 Å². The number of piperidine rings is 1. The number of hydrogen-bond donors (Lipinski definition) is 2. The van der Waals surface area contributed by atoms with Crippen molar-refractivity contribution in [3.8, 4) is 0 Å². The number of anilines is 2. The summed E-state index contributed by atoms with van der Waals surface area (Å²) in [6.07, 6.45) is 3.23. The highest BCUT2D eigenvalue weighted by atomic mass is 16.3. The second-order valence-electron chi connectivity index (χ2n) is 5.19. The normalized spacial score (nSPS) is 23.5. The van der Waals surface area contributed by atoms with Crippen LogP contribution in [0.5, 0.6) is 0 Å². The largest absolute Gasteiger partial charge is 0.391 e. The van der Waals surface area contributed by atoms with Crippen molar-refractivity contribution < 1.29 is 5.11 Å². The third-order valence-electron chi connectivity index (χ3n) is 3.84. The van der Waals surface area contributed by atoms with E-state index in [1.165, 1.54) is 0 Å². The maximum absolute atomic E-state index is 10.0. The van der Waals surface area contributed by atoms with Crippen LogP contribution in [0.2, 0.25) is 0 Å². The standard InChI is InChI=1S/C14H24N4O/c1-4-11-13(15-5-2)16-9-17-14(11)18-7-6-10(3)12(19)8-18/h9-10,12,19H,4-8H2,1-3H3,(H,15,16,17). The van der Waals surface area contributed by atoms with E-state index in [4.69, 9.17) is 0 Å². The van der Waals surface area contributed by atoms with Gasteiger partial charge in [0, 0.05) is 25.2 Å². The minimum atomic E-state index is -0.268. The van der Waals surface area contributed by atoms with Gasteiger partial charge >= 0.3 is 0 Å². The molecule has 0 radical (unpaired) electrons. The minimum Gasteiger partial charge on any atom is -0.391 e. The Morgan fingerprint density at radius 1 is 1.42 bits per heavy atom. The topological polar surface area (TPSA) is 61.3 Å². The van der Waals surface area contributed by atoms with E-state index in [9.17, 15) is 5.11 Å². The average molecular weight is 264 g/mol. The number of aliphatic hydroxyl groups is 1. The maximum Gasteiger partial charge on any atom is 0.137 e. The highest BCUT2D eigenvalue weighted by Gasteiger charge is 2.26.